The second-order valence-electron chi connectivity index (χ2n) is 2.66. The van der Waals surface area contributed by atoms with Gasteiger partial charge in [0.2, 0.25) is 0 Å². The fraction of sp³-hybridized carbons (Fsp3) is 0.111. The third-order valence-corrected chi connectivity index (χ3v) is 2.12. The van der Waals surface area contributed by atoms with Crippen molar-refractivity contribution in [3.63, 3.8) is 0 Å². The zero-order chi connectivity index (χ0) is 10.6. The minimum Gasteiger partial charge on any atom is -0.477 e. The minimum atomic E-state index is -1.22. The normalized spacial score (nSPS) is 11.4. The molecule has 5 heteroatoms. The summed E-state index contributed by atoms with van der Waals surface area (Å²) in [6.07, 6.45) is 0.102. The van der Waals surface area contributed by atoms with Gasteiger partial charge in [-0.15, -0.1) is 0 Å². The van der Waals surface area contributed by atoms with Crippen molar-refractivity contribution in [2.24, 2.45) is 5.16 Å². The molecule has 0 bridgehead atoms. The van der Waals surface area contributed by atoms with Gasteiger partial charge in [0.05, 0.1) is 0 Å². The van der Waals surface area contributed by atoms with Crippen LogP contribution in [0.2, 0.25) is 0 Å². The van der Waals surface area contributed by atoms with Crippen molar-refractivity contribution >= 4 is 27.6 Å². The number of benzene rings is 1. The van der Waals surface area contributed by atoms with Gasteiger partial charge in [-0.05, 0) is 17.7 Å². The summed E-state index contributed by atoms with van der Waals surface area (Å²) in [4.78, 5) is 10.5. The summed E-state index contributed by atoms with van der Waals surface area (Å²) in [5, 5.41) is 19.7. The highest BCUT2D eigenvalue weighted by Crippen LogP contribution is 2.12. The first-order valence-corrected chi connectivity index (χ1v) is 4.61. The lowest BCUT2D eigenvalue weighted by Gasteiger charge is -2.00. The summed E-state index contributed by atoms with van der Waals surface area (Å²) >= 11 is 3.26. The lowest BCUT2D eigenvalue weighted by Crippen LogP contribution is -2.15. The molecule has 0 aliphatic carbocycles. The van der Waals surface area contributed by atoms with E-state index < -0.39 is 5.97 Å². The van der Waals surface area contributed by atoms with Gasteiger partial charge in [0.15, 0.2) is 5.71 Å². The van der Waals surface area contributed by atoms with Gasteiger partial charge >= 0.3 is 5.97 Å². The van der Waals surface area contributed by atoms with Crippen molar-refractivity contribution in [3.8, 4) is 0 Å². The first kappa shape index (κ1) is 10.7. The van der Waals surface area contributed by atoms with E-state index in [1.165, 1.54) is 0 Å². The van der Waals surface area contributed by atoms with Crippen LogP contribution in [0.25, 0.3) is 0 Å². The highest BCUT2D eigenvalue weighted by atomic mass is 79.9. The van der Waals surface area contributed by atoms with Crippen LogP contribution in [0.15, 0.2) is 33.9 Å². The molecule has 0 amide bonds. The molecule has 0 heterocycles. The first-order chi connectivity index (χ1) is 6.63. The number of rotatable bonds is 3. The molecule has 14 heavy (non-hydrogen) atoms. The van der Waals surface area contributed by atoms with Crippen LogP contribution in [0.5, 0.6) is 0 Å². The van der Waals surface area contributed by atoms with Crippen LogP contribution >= 0.6 is 15.9 Å². The van der Waals surface area contributed by atoms with Gasteiger partial charge < -0.3 is 10.3 Å². The molecular formula is C9H8BrNO3. The van der Waals surface area contributed by atoms with Crippen molar-refractivity contribution in [1.29, 1.82) is 0 Å². The van der Waals surface area contributed by atoms with Crippen LogP contribution in [0.4, 0.5) is 0 Å². The predicted octanol–water partition coefficient (Wildman–Crippen LogP) is 1.91. The summed E-state index contributed by atoms with van der Waals surface area (Å²) in [7, 11) is 0. The Hall–Kier alpha value is -1.36. The maximum atomic E-state index is 10.5. The lowest BCUT2D eigenvalue weighted by molar-refractivity contribution is -0.129. The molecule has 0 aliphatic rings. The Kier molecular flexibility index (Phi) is 3.64. The smallest absolute Gasteiger partial charge is 0.354 e. The largest absolute Gasteiger partial charge is 0.477 e. The van der Waals surface area contributed by atoms with Gasteiger partial charge in [0.25, 0.3) is 0 Å². The van der Waals surface area contributed by atoms with E-state index in [-0.39, 0.29) is 12.1 Å². The summed E-state index contributed by atoms with van der Waals surface area (Å²) in [5.74, 6) is -1.22. The molecular weight excluding hydrogens is 250 g/mol. The Morgan fingerprint density at radius 3 is 2.71 bits per heavy atom. The number of oxime groups is 1. The molecule has 0 saturated heterocycles. The molecule has 1 rings (SSSR count). The average Bonchev–Trinajstić information content (AvgIpc) is 2.14. The standard InChI is InChI=1S/C9H8BrNO3/c10-7-3-1-2-6(4-7)5-8(11-14)9(12)13/h1-4,14H,5H2,(H,12,13)/b11-8-. The van der Waals surface area contributed by atoms with Crippen molar-refractivity contribution in [1.82, 2.24) is 0 Å². The maximum absolute atomic E-state index is 10.5. The molecule has 74 valence electrons. The number of carboxylic acid groups (broad SMARTS) is 1. The Balaban J connectivity index is 2.83. The molecule has 0 atom stereocenters. The summed E-state index contributed by atoms with van der Waals surface area (Å²) in [6.45, 7) is 0. The minimum absolute atomic E-state index is 0.102. The molecule has 0 unspecified atom stereocenters. The van der Waals surface area contributed by atoms with E-state index in [1.54, 1.807) is 18.2 Å². The van der Waals surface area contributed by atoms with Crippen molar-refractivity contribution in [2.45, 2.75) is 6.42 Å². The number of nitrogens with zero attached hydrogens (tertiary/aromatic N) is 1. The van der Waals surface area contributed by atoms with Crippen LogP contribution < -0.4 is 0 Å². The van der Waals surface area contributed by atoms with E-state index in [0.717, 1.165) is 10.0 Å². The Morgan fingerprint density at radius 1 is 1.50 bits per heavy atom. The number of carboxylic acids is 1. The third kappa shape index (κ3) is 2.85. The molecule has 0 spiro atoms. The number of halogens is 1. The third-order valence-electron chi connectivity index (χ3n) is 1.63. The molecule has 0 aliphatic heterocycles. The van der Waals surface area contributed by atoms with E-state index in [0.29, 0.717) is 0 Å². The van der Waals surface area contributed by atoms with E-state index in [4.69, 9.17) is 10.3 Å². The summed E-state index contributed by atoms with van der Waals surface area (Å²) in [5.41, 5.74) is 0.498. The average molecular weight is 258 g/mol. The van der Waals surface area contributed by atoms with E-state index in [2.05, 4.69) is 21.1 Å². The predicted molar refractivity (Wildman–Crippen MR) is 54.7 cm³/mol. The quantitative estimate of drug-likeness (QED) is 0.494. The number of hydrogen-bond acceptors (Lipinski definition) is 3. The lowest BCUT2D eigenvalue weighted by atomic mass is 10.1. The molecule has 4 nitrogen and oxygen atoms in total. The SMILES string of the molecule is O=C(O)/C(Cc1cccc(Br)c1)=N\O. The second kappa shape index (κ2) is 4.76. The summed E-state index contributed by atoms with van der Waals surface area (Å²) in [6, 6.07) is 7.16. The van der Waals surface area contributed by atoms with Crippen LogP contribution in [-0.4, -0.2) is 22.0 Å². The fourth-order valence-corrected chi connectivity index (χ4v) is 1.44. The van der Waals surface area contributed by atoms with Gasteiger partial charge in [-0.2, -0.15) is 0 Å². The topological polar surface area (TPSA) is 69.9 Å². The highest BCUT2D eigenvalue weighted by Gasteiger charge is 2.10. The Bertz CT molecular complexity index is 376. The molecule has 0 radical (unpaired) electrons. The van der Waals surface area contributed by atoms with Gasteiger partial charge in [-0.25, -0.2) is 4.79 Å². The van der Waals surface area contributed by atoms with Crippen LogP contribution in [0, 0.1) is 0 Å². The van der Waals surface area contributed by atoms with Crippen molar-refractivity contribution < 1.29 is 15.1 Å². The molecule has 1 aromatic rings. The van der Waals surface area contributed by atoms with Gasteiger partial charge in [0.1, 0.15) is 0 Å². The Morgan fingerprint density at radius 2 is 2.21 bits per heavy atom. The Labute approximate surface area is 89.0 Å². The number of carbonyl (C=O) groups is 1. The van der Waals surface area contributed by atoms with Gasteiger partial charge in [0, 0.05) is 10.9 Å². The van der Waals surface area contributed by atoms with Crippen LogP contribution in [0.1, 0.15) is 5.56 Å². The first-order valence-electron chi connectivity index (χ1n) is 3.82. The fourth-order valence-electron chi connectivity index (χ4n) is 0.994. The molecule has 2 N–H and O–H groups in total. The maximum Gasteiger partial charge on any atom is 0.354 e. The van der Waals surface area contributed by atoms with Gasteiger partial charge in [-0.1, -0.05) is 33.2 Å². The van der Waals surface area contributed by atoms with Crippen molar-refractivity contribution in [2.75, 3.05) is 0 Å². The highest BCUT2D eigenvalue weighted by molar-refractivity contribution is 9.10. The number of aliphatic carboxylic acids is 1. The zero-order valence-corrected chi connectivity index (χ0v) is 8.73. The van der Waals surface area contributed by atoms with E-state index in [9.17, 15) is 4.79 Å². The molecule has 0 saturated carbocycles. The molecule has 0 fully saturated rings. The van der Waals surface area contributed by atoms with Crippen molar-refractivity contribution in [3.05, 3.63) is 34.3 Å². The van der Waals surface area contributed by atoms with Gasteiger partial charge in [-0.3, -0.25) is 0 Å². The number of hydrogen-bond donors (Lipinski definition) is 2. The second-order valence-corrected chi connectivity index (χ2v) is 3.57. The summed E-state index contributed by atoms with van der Waals surface area (Å²) < 4.78 is 0.859. The van der Waals surface area contributed by atoms with E-state index >= 15 is 0 Å². The molecule has 1 aromatic carbocycles. The van der Waals surface area contributed by atoms with Crippen LogP contribution in [0.3, 0.4) is 0 Å². The van der Waals surface area contributed by atoms with Crippen LogP contribution in [-0.2, 0) is 11.2 Å². The monoisotopic (exact) mass is 257 g/mol. The van der Waals surface area contributed by atoms with E-state index in [1.807, 2.05) is 6.07 Å². The molecule has 0 aromatic heterocycles. The zero-order valence-electron chi connectivity index (χ0n) is 7.14.